The second kappa shape index (κ2) is 7.20. The van der Waals surface area contributed by atoms with E-state index in [9.17, 15) is 4.79 Å². The van der Waals surface area contributed by atoms with Crippen molar-refractivity contribution < 1.29 is 0 Å². The van der Waals surface area contributed by atoms with Crippen LogP contribution in [0.3, 0.4) is 0 Å². The highest BCUT2D eigenvalue weighted by Crippen LogP contribution is 2.29. The van der Waals surface area contributed by atoms with Crippen molar-refractivity contribution in [2.75, 3.05) is 11.6 Å². The number of fused-ring (bicyclic) bond motifs is 1. The SMILES string of the molecule is Cc1ccc(N2CN(Cc3ccccn3)Cn3c2nc(C)c(C)c3=O)cc1C. The Morgan fingerprint density at radius 2 is 1.82 bits per heavy atom. The van der Waals surface area contributed by atoms with Crippen molar-refractivity contribution in [1.82, 2.24) is 19.4 Å². The largest absolute Gasteiger partial charge is 0.298 e. The molecule has 0 radical (unpaired) electrons. The van der Waals surface area contributed by atoms with Crippen molar-refractivity contribution in [2.24, 2.45) is 0 Å². The summed E-state index contributed by atoms with van der Waals surface area (Å²) in [6.45, 7) is 9.77. The van der Waals surface area contributed by atoms with Crippen molar-refractivity contribution in [2.45, 2.75) is 40.9 Å². The van der Waals surface area contributed by atoms with Crippen LogP contribution in [0.25, 0.3) is 0 Å². The fourth-order valence-electron chi connectivity index (χ4n) is 3.50. The smallest absolute Gasteiger partial charge is 0.259 e. The summed E-state index contributed by atoms with van der Waals surface area (Å²) in [7, 11) is 0. The number of nitrogens with zero attached hydrogens (tertiary/aromatic N) is 5. The minimum Gasteiger partial charge on any atom is -0.298 e. The summed E-state index contributed by atoms with van der Waals surface area (Å²) >= 11 is 0. The molecule has 0 fully saturated rings. The van der Waals surface area contributed by atoms with Crippen LogP contribution in [-0.2, 0) is 13.2 Å². The summed E-state index contributed by atoms with van der Waals surface area (Å²) in [6, 6.07) is 12.3. The molecule has 4 rings (SSSR count). The molecule has 0 aliphatic carbocycles. The first-order valence-electron chi connectivity index (χ1n) is 9.49. The second-order valence-corrected chi connectivity index (χ2v) is 7.48. The van der Waals surface area contributed by atoms with Crippen LogP contribution in [-0.4, -0.2) is 26.1 Å². The highest BCUT2D eigenvalue weighted by molar-refractivity contribution is 5.60. The maximum absolute atomic E-state index is 13.0. The molecule has 6 nitrogen and oxygen atoms in total. The molecule has 0 spiro atoms. The quantitative estimate of drug-likeness (QED) is 0.702. The highest BCUT2D eigenvalue weighted by atomic mass is 16.1. The van der Waals surface area contributed by atoms with Gasteiger partial charge in [-0.15, -0.1) is 0 Å². The second-order valence-electron chi connectivity index (χ2n) is 7.48. The summed E-state index contributed by atoms with van der Waals surface area (Å²) < 4.78 is 1.77. The highest BCUT2D eigenvalue weighted by Gasteiger charge is 2.27. The van der Waals surface area contributed by atoms with Gasteiger partial charge in [0.2, 0.25) is 5.95 Å². The van der Waals surface area contributed by atoms with Crippen molar-refractivity contribution in [3.8, 4) is 0 Å². The number of aryl methyl sites for hydroxylation is 3. The molecule has 0 N–H and O–H groups in total. The van der Waals surface area contributed by atoms with Gasteiger partial charge in [-0.2, -0.15) is 0 Å². The number of anilines is 2. The summed E-state index contributed by atoms with van der Waals surface area (Å²) in [6.07, 6.45) is 1.80. The van der Waals surface area contributed by atoms with Crippen LogP contribution in [0.2, 0.25) is 0 Å². The molecule has 3 heterocycles. The number of hydrogen-bond acceptors (Lipinski definition) is 5. The van der Waals surface area contributed by atoms with Gasteiger partial charge in [0.1, 0.15) is 0 Å². The molecule has 2 aromatic heterocycles. The van der Waals surface area contributed by atoms with Crippen molar-refractivity contribution in [3.05, 3.63) is 81.0 Å². The Labute approximate surface area is 165 Å². The molecule has 1 aliphatic rings. The minimum absolute atomic E-state index is 0.0158. The zero-order valence-corrected chi connectivity index (χ0v) is 16.8. The van der Waals surface area contributed by atoms with Crippen LogP contribution < -0.4 is 10.5 Å². The lowest BCUT2D eigenvalue weighted by molar-refractivity contribution is 0.187. The van der Waals surface area contributed by atoms with Gasteiger partial charge in [0.05, 0.1) is 19.0 Å². The van der Waals surface area contributed by atoms with E-state index >= 15 is 0 Å². The third kappa shape index (κ3) is 3.31. The topological polar surface area (TPSA) is 54.3 Å². The van der Waals surface area contributed by atoms with E-state index in [0.717, 1.165) is 17.1 Å². The Hall–Kier alpha value is -2.99. The van der Waals surface area contributed by atoms with E-state index in [-0.39, 0.29) is 5.56 Å². The first kappa shape index (κ1) is 18.4. The normalized spacial score (nSPS) is 14.2. The predicted molar refractivity (Wildman–Crippen MR) is 111 cm³/mol. The van der Waals surface area contributed by atoms with Gasteiger partial charge in [0.25, 0.3) is 5.56 Å². The fourth-order valence-corrected chi connectivity index (χ4v) is 3.50. The van der Waals surface area contributed by atoms with E-state index in [4.69, 9.17) is 4.98 Å². The van der Waals surface area contributed by atoms with E-state index < -0.39 is 0 Å². The molecule has 0 saturated heterocycles. The van der Waals surface area contributed by atoms with Gasteiger partial charge in [-0.1, -0.05) is 12.1 Å². The van der Waals surface area contributed by atoms with Crippen LogP contribution >= 0.6 is 0 Å². The summed E-state index contributed by atoms with van der Waals surface area (Å²) in [5.74, 6) is 0.702. The molecule has 0 atom stereocenters. The maximum atomic E-state index is 13.0. The molecule has 0 bridgehead atoms. The van der Waals surface area contributed by atoms with E-state index in [1.165, 1.54) is 11.1 Å². The standard InChI is InChI=1S/C22H25N5O/c1-15-8-9-20(11-16(15)2)26-13-25(12-19-7-5-6-10-23-19)14-27-21(28)17(3)18(4)24-22(26)27/h5-11H,12-14H2,1-4H3. The first-order valence-corrected chi connectivity index (χ1v) is 9.49. The average molecular weight is 375 g/mol. The van der Waals surface area contributed by atoms with Crippen LogP contribution in [0.5, 0.6) is 0 Å². The summed E-state index contributed by atoms with van der Waals surface area (Å²) in [5, 5.41) is 0. The molecule has 0 unspecified atom stereocenters. The van der Waals surface area contributed by atoms with Gasteiger partial charge in [0, 0.05) is 29.7 Å². The van der Waals surface area contributed by atoms with Gasteiger partial charge < -0.3 is 0 Å². The van der Waals surface area contributed by atoms with Gasteiger partial charge in [-0.05, 0) is 63.1 Å². The first-order chi connectivity index (χ1) is 13.4. The van der Waals surface area contributed by atoms with Gasteiger partial charge in [0.15, 0.2) is 0 Å². The monoisotopic (exact) mass is 375 g/mol. The molecular weight excluding hydrogens is 350 g/mol. The fraction of sp³-hybridized carbons (Fsp3) is 0.318. The summed E-state index contributed by atoms with van der Waals surface area (Å²) in [5.41, 5.74) is 5.98. The Bertz CT molecular complexity index is 1070. The molecule has 0 saturated carbocycles. The predicted octanol–water partition coefficient (Wildman–Crippen LogP) is 3.44. The molecule has 6 heteroatoms. The Morgan fingerprint density at radius 3 is 2.54 bits per heavy atom. The van der Waals surface area contributed by atoms with Crippen LogP contribution in [0.1, 0.15) is 28.1 Å². The molecule has 0 amide bonds. The van der Waals surface area contributed by atoms with Gasteiger partial charge >= 0.3 is 0 Å². The molecule has 1 aromatic carbocycles. The van der Waals surface area contributed by atoms with Crippen LogP contribution in [0.4, 0.5) is 11.6 Å². The van der Waals surface area contributed by atoms with E-state index in [0.29, 0.717) is 31.4 Å². The van der Waals surface area contributed by atoms with E-state index in [1.54, 1.807) is 10.8 Å². The Morgan fingerprint density at radius 1 is 1.00 bits per heavy atom. The molecule has 1 aliphatic heterocycles. The third-order valence-corrected chi connectivity index (χ3v) is 5.46. The number of aromatic nitrogens is 3. The summed E-state index contributed by atoms with van der Waals surface area (Å²) in [4.78, 5) is 26.5. The number of hydrogen-bond donors (Lipinski definition) is 0. The minimum atomic E-state index is 0.0158. The Kier molecular flexibility index (Phi) is 4.73. The lowest BCUT2D eigenvalue weighted by atomic mass is 10.1. The van der Waals surface area contributed by atoms with Crippen molar-refractivity contribution in [3.63, 3.8) is 0 Å². The zero-order chi connectivity index (χ0) is 19.8. The molecule has 3 aromatic rings. The van der Waals surface area contributed by atoms with Crippen molar-refractivity contribution in [1.29, 1.82) is 0 Å². The van der Waals surface area contributed by atoms with Gasteiger partial charge in [-0.25, -0.2) is 4.98 Å². The van der Waals surface area contributed by atoms with Crippen LogP contribution in [0.15, 0.2) is 47.4 Å². The number of rotatable bonds is 3. The third-order valence-electron chi connectivity index (χ3n) is 5.46. The molecule has 28 heavy (non-hydrogen) atoms. The average Bonchev–Trinajstić information content (AvgIpc) is 2.69. The number of pyridine rings is 1. The lowest BCUT2D eigenvalue weighted by Gasteiger charge is -2.38. The van der Waals surface area contributed by atoms with E-state index in [1.807, 2.05) is 32.0 Å². The van der Waals surface area contributed by atoms with Crippen LogP contribution in [0, 0.1) is 27.7 Å². The molecular formula is C22H25N5O. The number of benzene rings is 1. The zero-order valence-electron chi connectivity index (χ0n) is 16.8. The van der Waals surface area contributed by atoms with Crippen molar-refractivity contribution >= 4 is 11.6 Å². The van der Waals surface area contributed by atoms with E-state index in [2.05, 4.69) is 46.8 Å². The Balaban J connectivity index is 1.80. The molecule has 144 valence electrons. The maximum Gasteiger partial charge on any atom is 0.259 e. The van der Waals surface area contributed by atoms with Gasteiger partial charge in [-0.3, -0.25) is 24.1 Å². The lowest BCUT2D eigenvalue weighted by Crippen LogP contribution is -2.47.